The number of hydrogen-bond acceptors (Lipinski definition) is 4. The number of aryl methyl sites for hydroxylation is 2. The number of aliphatic hydroxyl groups excluding tert-OH is 1. The Balaban J connectivity index is 1.79. The van der Waals surface area contributed by atoms with Gasteiger partial charge in [-0.15, -0.1) is 0 Å². The second-order valence-electron chi connectivity index (χ2n) is 6.06. The molecule has 0 spiro atoms. The lowest BCUT2D eigenvalue weighted by atomic mass is 10.2. The van der Waals surface area contributed by atoms with Gasteiger partial charge < -0.3 is 5.11 Å². The lowest BCUT2D eigenvalue weighted by Gasteiger charge is -2.21. The zero-order chi connectivity index (χ0) is 14.8. The van der Waals surface area contributed by atoms with Crippen molar-refractivity contribution in [1.29, 1.82) is 0 Å². The van der Waals surface area contributed by atoms with Gasteiger partial charge in [-0.05, 0) is 52.1 Å². The van der Waals surface area contributed by atoms with Crippen molar-refractivity contribution in [2.75, 3.05) is 13.2 Å². The van der Waals surface area contributed by atoms with Crippen molar-refractivity contribution in [3.63, 3.8) is 0 Å². The predicted molar refractivity (Wildman–Crippen MR) is 82.2 cm³/mol. The Kier molecular flexibility index (Phi) is 4.22. The van der Waals surface area contributed by atoms with Gasteiger partial charge in [0, 0.05) is 30.6 Å². The van der Waals surface area contributed by atoms with Gasteiger partial charge in [0.1, 0.15) is 0 Å². The fraction of sp³-hybridized carbons (Fsp3) is 0.625. The zero-order valence-electron chi connectivity index (χ0n) is 12.9. The topological polar surface area (TPSA) is 53.7 Å². The molecule has 21 heavy (non-hydrogen) atoms. The van der Waals surface area contributed by atoms with Gasteiger partial charge in [-0.25, -0.2) is 9.97 Å². The molecule has 1 saturated carbocycles. The third kappa shape index (κ3) is 3.24. The standard InChI is InChI=1S/C16H24N4O/c1-12-9-13(2)20-15(10-17-16(20)18-12)11-19(14-5-6-14)7-3-4-8-21/h9-10,14,21H,3-8,11H2,1-2H3. The van der Waals surface area contributed by atoms with Crippen LogP contribution in [0, 0.1) is 13.8 Å². The Hall–Kier alpha value is -1.46. The first-order valence-electron chi connectivity index (χ1n) is 7.84. The molecule has 0 atom stereocenters. The molecule has 2 aromatic rings. The molecule has 5 heteroatoms. The third-order valence-corrected chi connectivity index (χ3v) is 4.14. The van der Waals surface area contributed by atoms with Gasteiger partial charge in [0.05, 0.1) is 11.9 Å². The average Bonchev–Trinajstić information content (AvgIpc) is 3.20. The molecule has 0 aliphatic heterocycles. The van der Waals surface area contributed by atoms with Crippen molar-refractivity contribution in [2.45, 2.75) is 52.1 Å². The second-order valence-corrected chi connectivity index (χ2v) is 6.06. The SMILES string of the molecule is Cc1cc(C)n2c(CN(CCCCO)C3CC3)cnc2n1. The molecule has 2 heterocycles. The molecule has 1 aliphatic carbocycles. The van der Waals surface area contributed by atoms with Gasteiger partial charge >= 0.3 is 0 Å². The fourth-order valence-corrected chi connectivity index (χ4v) is 2.97. The maximum Gasteiger partial charge on any atom is 0.234 e. The molecule has 1 fully saturated rings. The number of aromatic nitrogens is 3. The van der Waals surface area contributed by atoms with E-state index in [-0.39, 0.29) is 6.61 Å². The molecule has 1 N–H and O–H groups in total. The third-order valence-electron chi connectivity index (χ3n) is 4.14. The van der Waals surface area contributed by atoms with Gasteiger partial charge in [0.2, 0.25) is 5.78 Å². The van der Waals surface area contributed by atoms with E-state index in [0.717, 1.165) is 37.4 Å². The number of fused-ring (bicyclic) bond motifs is 1. The highest BCUT2D eigenvalue weighted by Crippen LogP contribution is 2.28. The number of rotatable bonds is 7. The first-order chi connectivity index (χ1) is 10.2. The molecular weight excluding hydrogens is 264 g/mol. The van der Waals surface area contributed by atoms with Crippen LogP contribution in [0.5, 0.6) is 0 Å². The molecule has 5 nitrogen and oxygen atoms in total. The van der Waals surface area contributed by atoms with Crippen LogP contribution in [0.3, 0.4) is 0 Å². The lowest BCUT2D eigenvalue weighted by molar-refractivity contribution is 0.226. The van der Waals surface area contributed by atoms with Crippen LogP contribution >= 0.6 is 0 Å². The molecule has 0 aromatic carbocycles. The van der Waals surface area contributed by atoms with Crippen molar-refractivity contribution in [2.24, 2.45) is 0 Å². The molecule has 0 unspecified atom stereocenters. The van der Waals surface area contributed by atoms with Crippen molar-refractivity contribution in [3.05, 3.63) is 29.3 Å². The van der Waals surface area contributed by atoms with E-state index >= 15 is 0 Å². The largest absolute Gasteiger partial charge is 0.396 e. The molecule has 0 radical (unpaired) electrons. The van der Waals surface area contributed by atoms with E-state index in [0.29, 0.717) is 6.04 Å². The van der Waals surface area contributed by atoms with E-state index in [1.54, 1.807) is 0 Å². The van der Waals surface area contributed by atoms with Crippen LogP contribution in [-0.4, -0.2) is 43.6 Å². The Morgan fingerprint density at radius 3 is 2.86 bits per heavy atom. The van der Waals surface area contributed by atoms with Crippen LogP contribution in [0.4, 0.5) is 0 Å². The van der Waals surface area contributed by atoms with Crippen molar-refractivity contribution in [3.8, 4) is 0 Å². The first-order valence-corrected chi connectivity index (χ1v) is 7.84. The fourth-order valence-electron chi connectivity index (χ4n) is 2.97. The summed E-state index contributed by atoms with van der Waals surface area (Å²) in [4.78, 5) is 11.5. The Bertz CT molecular complexity index is 618. The van der Waals surface area contributed by atoms with E-state index in [2.05, 4.69) is 32.3 Å². The highest BCUT2D eigenvalue weighted by molar-refractivity contribution is 5.35. The maximum atomic E-state index is 8.95. The Labute approximate surface area is 125 Å². The lowest BCUT2D eigenvalue weighted by Crippen LogP contribution is -2.27. The second kappa shape index (κ2) is 6.12. The predicted octanol–water partition coefficient (Wildman–Crippen LogP) is 2.08. The smallest absolute Gasteiger partial charge is 0.234 e. The summed E-state index contributed by atoms with van der Waals surface area (Å²) in [6, 6.07) is 2.82. The molecule has 0 saturated heterocycles. The first kappa shape index (κ1) is 14.5. The van der Waals surface area contributed by atoms with E-state index in [4.69, 9.17) is 5.11 Å². The molecule has 1 aliphatic rings. The van der Waals surface area contributed by atoms with Crippen molar-refractivity contribution < 1.29 is 5.11 Å². The summed E-state index contributed by atoms with van der Waals surface area (Å²) < 4.78 is 2.16. The van der Waals surface area contributed by atoms with Crippen LogP contribution in [0.25, 0.3) is 5.78 Å². The van der Waals surface area contributed by atoms with E-state index in [1.165, 1.54) is 24.2 Å². The van der Waals surface area contributed by atoms with Gasteiger partial charge in [0.15, 0.2) is 0 Å². The summed E-state index contributed by atoms with van der Waals surface area (Å²) in [6.07, 6.45) is 6.49. The van der Waals surface area contributed by atoms with Crippen LogP contribution in [0.1, 0.15) is 42.8 Å². The van der Waals surface area contributed by atoms with E-state index in [9.17, 15) is 0 Å². The summed E-state index contributed by atoms with van der Waals surface area (Å²) in [5.41, 5.74) is 3.42. The average molecular weight is 288 g/mol. The normalized spacial score (nSPS) is 15.2. The highest BCUT2D eigenvalue weighted by Gasteiger charge is 2.29. The van der Waals surface area contributed by atoms with Gasteiger partial charge in [-0.3, -0.25) is 9.30 Å². The zero-order valence-corrected chi connectivity index (χ0v) is 12.9. The summed E-state index contributed by atoms with van der Waals surface area (Å²) in [6.45, 7) is 6.38. The molecule has 2 aromatic heterocycles. The Morgan fingerprint density at radius 2 is 2.14 bits per heavy atom. The van der Waals surface area contributed by atoms with Crippen LogP contribution in [0.2, 0.25) is 0 Å². The Morgan fingerprint density at radius 1 is 1.33 bits per heavy atom. The molecule has 0 bridgehead atoms. The van der Waals surface area contributed by atoms with Gasteiger partial charge in [-0.1, -0.05) is 0 Å². The number of hydrogen-bond donors (Lipinski definition) is 1. The monoisotopic (exact) mass is 288 g/mol. The summed E-state index contributed by atoms with van der Waals surface area (Å²) >= 11 is 0. The number of nitrogens with zero attached hydrogens (tertiary/aromatic N) is 4. The van der Waals surface area contributed by atoms with Crippen LogP contribution < -0.4 is 0 Å². The number of aliphatic hydroxyl groups is 1. The summed E-state index contributed by atoms with van der Waals surface area (Å²) in [5.74, 6) is 0.800. The minimum absolute atomic E-state index is 0.288. The van der Waals surface area contributed by atoms with Gasteiger partial charge in [0.25, 0.3) is 0 Å². The molecule has 3 rings (SSSR count). The van der Waals surface area contributed by atoms with E-state index < -0.39 is 0 Å². The minimum Gasteiger partial charge on any atom is -0.396 e. The van der Waals surface area contributed by atoms with Crippen LogP contribution in [-0.2, 0) is 6.54 Å². The minimum atomic E-state index is 0.288. The summed E-state index contributed by atoms with van der Waals surface area (Å²) in [7, 11) is 0. The molecular formula is C16H24N4O. The molecule has 114 valence electrons. The van der Waals surface area contributed by atoms with E-state index in [1.807, 2.05) is 13.1 Å². The number of imidazole rings is 1. The van der Waals surface area contributed by atoms with Crippen LogP contribution in [0.15, 0.2) is 12.3 Å². The highest BCUT2D eigenvalue weighted by atomic mass is 16.2. The quantitative estimate of drug-likeness (QED) is 0.793. The van der Waals surface area contributed by atoms with Gasteiger partial charge in [-0.2, -0.15) is 0 Å². The maximum absolute atomic E-state index is 8.95. The van der Waals surface area contributed by atoms with Crippen molar-refractivity contribution in [1.82, 2.24) is 19.3 Å². The van der Waals surface area contributed by atoms with Crippen molar-refractivity contribution >= 4 is 5.78 Å². The number of unbranched alkanes of at least 4 members (excludes halogenated alkanes) is 1. The molecule has 0 amide bonds. The summed E-state index contributed by atoms with van der Waals surface area (Å²) in [5, 5.41) is 8.95.